The van der Waals surface area contributed by atoms with Crippen LogP contribution < -0.4 is 11.1 Å². The molecular formula is C26H29N3O8. The highest BCUT2D eigenvalue weighted by atomic mass is 16.6. The normalized spacial score (nSPS) is 11.4. The summed E-state index contributed by atoms with van der Waals surface area (Å²) in [7, 11) is 0. The first-order valence-electron chi connectivity index (χ1n) is 11.4. The maximum absolute atomic E-state index is 12.7. The van der Waals surface area contributed by atoms with Gasteiger partial charge in [0.25, 0.3) is 0 Å². The van der Waals surface area contributed by atoms with Crippen LogP contribution in [0.1, 0.15) is 55.6 Å². The van der Waals surface area contributed by atoms with Crippen molar-refractivity contribution in [2.24, 2.45) is 0 Å². The molecule has 3 N–H and O–H groups in total. The number of carbonyl (C=O) groups is 3. The highest BCUT2D eigenvalue weighted by Crippen LogP contribution is 2.29. The van der Waals surface area contributed by atoms with Crippen LogP contribution in [0.2, 0.25) is 0 Å². The summed E-state index contributed by atoms with van der Waals surface area (Å²) in [5.74, 6) is 3.50. The quantitative estimate of drug-likeness (QED) is 0.134. The molecule has 0 spiro atoms. The molecule has 0 aliphatic rings. The van der Waals surface area contributed by atoms with Crippen molar-refractivity contribution in [1.29, 1.82) is 0 Å². The Morgan fingerprint density at radius 1 is 1.11 bits per heavy atom. The monoisotopic (exact) mass is 511 g/mol. The summed E-state index contributed by atoms with van der Waals surface area (Å²) >= 11 is 0. The lowest BCUT2D eigenvalue weighted by Crippen LogP contribution is -2.44. The van der Waals surface area contributed by atoms with Crippen LogP contribution in [0.25, 0.3) is 0 Å². The average Bonchev–Trinajstić information content (AvgIpc) is 2.81. The summed E-state index contributed by atoms with van der Waals surface area (Å²) in [5, 5.41) is 14.2. The molecule has 0 fully saturated rings. The SMILES string of the molecule is CCOC(=O)c1c(N)ccc(C#CCC(NC(=O)OC(C)(C)C)C(=O)OCc2ccccc2)c1[N+](=O)[O-]. The van der Waals surface area contributed by atoms with Gasteiger partial charge in [-0.25, -0.2) is 14.4 Å². The Balaban J connectivity index is 2.31. The van der Waals surface area contributed by atoms with Crippen LogP contribution in [0, 0.1) is 22.0 Å². The maximum atomic E-state index is 12.7. The second-order valence-corrected chi connectivity index (χ2v) is 8.70. The number of carbonyl (C=O) groups excluding carboxylic acids is 3. The third-order valence-electron chi connectivity index (χ3n) is 4.60. The van der Waals surface area contributed by atoms with Gasteiger partial charge in [-0.15, -0.1) is 0 Å². The molecule has 2 aromatic rings. The van der Waals surface area contributed by atoms with E-state index in [1.54, 1.807) is 52.0 Å². The second-order valence-electron chi connectivity index (χ2n) is 8.70. The molecule has 11 heteroatoms. The third kappa shape index (κ3) is 8.85. The molecular weight excluding hydrogens is 482 g/mol. The highest BCUT2D eigenvalue weighted by Gasteiger charge is 2.29. The summed E-state index contributed by atoms with van der Waals surface area (Å²) in [5.41, 5.74) is 4.43. The Morgan fingerprint density at radius 2 is 1.78 bits per heavy atom. The molecule has 37 heavy (non-hydrogen) atoms. The van der Waals surface area contributed by atoms with Crippen molar-refractivity contribution in [3.8, 4) is 11.8 Å². The van der Waals surface area contributed by atoms with E-state index in [0.717, 1.165) is 5.56 Å². The number of nitrogens with one attached hydrogen (secondary N) is 1. The van der Waals surface area contributed by atoms with Gasteiger partial charge in [-0.1, -0.05) is 42.2 Å². The number of nitrogens with two attached hydrogens (primary N) is 1. The largest absolute Gasteiger partial charge is 0.462 e. The summed E-state index contributed by atoms with van der Waals surface area (Å²) in [6, 6.07) is 10.3. The van der Waals surface area contributed by atoms with E-state index in [4.69, 9.17) is 19.9 Å². The number of nitrogens with zero attached hydrogens (tertiary/aromatic N) is 1. The van der Waals surface area contributed by atoms with Crippen LogP contribution in [-0.2, 0) is 25.6 Å². The maximum Gasteiger partial charge on any atom is 0.408 e. The lowest BCUT2D eigenvalue weighted by atomic mass is 10.0. The number of nitro groups is 1. The molecule has 2 rings (SSSR count). The molecule has 1 atom stereocenters. The predicted molar refractivity (Wildman–Crippen MR) is 134 cm³/mol. The smallest absolute Gasteiger partial charge is 0.408 e. The molecule has 196 valence electrons. The fourth-order valence-electron chi connectivity index (χ4n) is 3.04. The molecule has 1 amide bonds. The molecule has 0 radical (unpaired) electrons. The molecule has 1 unspecified atom stereocenters. The predicted octanol–water partition coefficient (Wildman–Crippen LogP) is 3.73. The first-order chi connectivity index (χ1) is 17.4. The van der Waals surface area contributed by atoms with Crippen molar-refractivity contribution in [3.05, 3.63) is 69.3 Å². The van der Waals surface area contributed by atoms with Gasteiger partial charge >= 0.3 is 23.7 Å². The number of rotatable bonds is 8. The Morgan fingerprint density at radius 3 is 2.38 bits per heavy atom. The molecule has 0 aromatic heterocycles. The van der Waals surface area contributed by atoms with E-state index in [1.165, 1.54) is 12.1 Å². The Kier molecular flexibility index (Phi) is 10.0. The van der Waals surface area contributed by atoms with Gasteiger partial charge in [0.1, 0.15) is 23.8 Å². The van der Waals surface area contributed by atoms with Gasteiger partial charge in [0.15, 0.2) is 5.56 Å². The zero-order valence-electron chi connectivity index (χ0n) is 21.0. The zero-order chi connectivity index (χ0) is 27.6. The van der Waals surface area contributed by atoms with Crippen molar-refractivity contribution in [2.75, 3.05) is 12.3 Å². The minimum absolute atomic E-state index is 0.00551. The van der Waals surface area contributed by atoms with E-state index in [9.17, 15) is 24.5 Å². The Hall–Kier alpha value is -4.59. The first-order valence-corrected chi connectivity index (χ1v) is 11.4. The number of anilines is 1. The molecule has 0 bridgehead atoms. The van der Waals surface area contributed by atoms with Crippen LogP contribution in [0.4, 0.5) is 16.2 Å². The zero-order valence-corrected chi connectivity index (χ0v) is 21.0. The highest BCUT2D eigenvalue weighted by molar-refractivity contribution is 6.00. The van der Waals surface area contributed by atoms with E-state index < -0.39 is 45.8 Å². The van der Waals surface area contributed by atoms with Crippen molar-refractivity contribution >= 4 is 29.4 Å². The molecule has 0 heterocycles. The number of ether oxygens (including phenoxy) is 3. The average molecular weight is 512 g/mol. The summed E-state index contributed by atoms with van der Waals surface area (Å²) in [4.78, 5) is 48.3. The number of esters is 2. The van der Waals surface area contributed by atoms with Crippen molar-refractivity contribution < 1.29 is 33.5 Å². The molecule has 0 aliphatic heterocycles. The van der Waals surface area contributed by atoms with Crippen molar-refractivity contribution in [3.63, 3.8) is 0 Å². The minimum Gasteiger partial charge on any atom is -0.462 e. The fraction of sp³-hybridized carbons (Fsp3) is 0.346. The van der Waals surface area contributed by atoms with Gasteiger partial charge in [-0.05, 0) is 45.4 Å². The summed E-state index contributed by atoms with van der Waals surface area (Å²) in [6.07, 6.45) is -1.12. The second kappa shape index (κ2) is 12.9. The lowest BCUT2D eigenvalue weighted by Gasteiger charge is -2.22. The lowest BCUT2D eigenvalue weighted by molar-refractivity contribution is -0.385. The molecule has 0 saturated heterocycles. The number of nitrogen functional groups attached to an aromatic ring is 1. The van der Waals surface area contributed by atoms with Crippen LogP contribution in [-0.4, -0.2) is 41.2 Å². The number of hydrogen-bond acceptors (Lipinski definition) is 9. The molecule has 11 nitrogen and oxygen atoms in total. The Bertz CT molecular complexity index is 1210. The van der Waals surface area contributed by atoms with Crippen LogP contribution in [0.3, 0.4) is 0 Å². The van der Waals surface area contributed by atoms with Gasteiger partial charge in [0.05, 0.1) is 17.2 Å². The number of alkyl carbamates (subject to hydrolysis) is 1. The van der Waals surface area contributed by atoms with Gasteiger partial charge in [0.2, 0.25) is 0 Å². The molecule has 2 aromatic carbocycles. The van der Waals surface area contributed by atoms with Gasteiger partial charge in [-0.3, -0.25) is 10.1 Å². The van der Waals surface area contributed by atoms with Crippen molar-refractivity contribution in [2.45, 2.75) is 52.4 Å². The number of nitro benzene ring substituents is 1. The Labute approximate surface area is 214 Å². The van der Waals surface area contributed by atoms with Gasteiger partial charge < -0.3 is 25.3 Å². The van der Waals surface area contributed by atoms with Crippen LogP contribution >= 0.6 is 0 Å². The van der Waals surface area contributed by atoms with E-state index >= 15 is 0 Å². The standard InChI is InChI=1S/C26H29N3O8/c1-5-35-24(31)21-19(27)15-14-18(22(21)29(33)34)12-9-13-20(28-25(32)37-26(2,3)4)23(30)36-16-17-10-7-6-8-11-17/h6-8,10-11,14-15,20H,5,13,16,27H2,1-4H3,(H,28,32). The third-order valence-corrected chi connectivity index (χ3v) is 4.60. The number of amides is 1. The first kappa shape index (κ1) is 28.6. The summed E-state index contributed by atoms with van der Waals surface area (Å²) in [6.45, 7) is 6.50. The molecule has 0 saturated carbocycles. The van der Waals surface area contributed by atoms with E-state index in [2.05, 4.69) is 17.2 Å². The van der Waals surface area contributed by atoms with Crippen molar-refractivity contribution in [1.82, 2.24) is 5.32 Å². The van der Waals surface area contributed by atoms with E-state index in [-0.39, 0.29) is 30.9 Å². The van der Waals surface area contributed by atoms with Crippen LogP contribution in [0.5, 0.6) is 0 Å². The van der Waals surface area contributed by atoms with E-state index in [1.807, 2.05) is 6.07 Å². The van der Waals surface area contributed by atoms with Crippen LogP contribution in [0.15, 0.2) is 42.5 Å². The fourth-order valence-corrected chi connectivity index (χ4v) is 3.04. The van der Waals surface area contributed by atoms with Gasteiger partial charge in [0, 0.05) is 6.42 Å². The molecule has 0 aliphatic carbocycles. The van der Waals surface area contributed by atoms with E-state index in [0.29, 0.717) is 0 Å². The van der Waals surface area contributed by atoms with Gasteiger partial charge in [-0.2, -0.15) is 0 Å². The topological polar surface area (TPSA) is 160 Å². The number of hydrogen-bond donors (Lipinski definition) is 2. The number of benzene rings is 2. The summed E-state index contributed by atoms with van der Waals surface area (Å²) < 4.78 is 15.4. The minimum atomic E-state index is -1.23.